The van der Waals surface area contributed by atoms with Gasteiger partial charge in [-0.2, -0.15) is 0 Å². The third-order valence-corrected chi connectivity index (χ3v) is 4.36. The summed E-state index contributed by atoms with van der Waals surface area (Å²) in [6.07, 6.45) is -0.986. The van der Waals surface area contributed by atoms with Crippen LogP contribution in [-0.2, 0) is 4.74 Å². The number of benzene rings is 1. The van der Waals surface area contributed by atoms with E-state index in [1.165, 1.54) is 6.07 Å². The molecule has 0 aliphatic rings. The highest BCUT2D eigenvalue weighted by molar-refractivity contribution is 6.57. The number of nitro groups is 1. The van der Waals surface area contributed by atoms with Crippen LogP contribution < -0.4 is 0 Å². The molecule has 1 aromatic carbocycles. The van der Waals surface area contributed by atoms with Crippen molar-refractivity contribution < 1.29 is 14.8 Å². The maximum atomic E-state index is 11.1. The molecule has 1 rings (SSSR count). The Kier molecular flexibility index (Phi) is 5.44. The van der Waals surface area contributed by atoms with E-state index in [1.54, 1.807) is 18.2 Å². The molecule has 111 valence electrons. The Morgan fingerprint density at radius 3 is 2.30 bits per heavy atom. The first-order valence-electron chi connectivity index (χ1n) is 6.52. The van der Waals surface area contributed by atoms with Crippen LogP contribution in [0.1, 0.15) is 32.4 Å². The van der Waals surface area contributed by atoms with Crippen molar-refractivity contribution in [3.8, 4) is 0 Å². The monoisotopic (exact) mass is 296 g/mol. The highest BCUT2D eigenvalue weighted by Gasteiger charge is 2.33. The summed E-state index contributed by atoms with van der Waals surface area (Å²) in [6, 6.07) is 6.28. The van der Waals surface area contributed by atoms with Gasteiger partial charge in [-0.3, -0.25) is 10.1 Å². The lowest BCUT2D eigenvalue weighted by Crippen LogP contribution is -2.40. The summed E-state index contributed by atoms with van der Waals surface area (Å²) in [5.41, 5.74) is -0.554. The van der Waals surface area contributed by atoms with Crippen LogP contribution in [-0.4, -0.2) is 30.2 Å². The molecule has 0 bridgehead atoms. The molecule has 0 saturated heterocycles. The molecule has 20 heavy (non-hydrogen) atoms. The lowest BCUT2D eigenvalue weighted by molar-refractivity contribution is -0.386. The summed E-state index contributed by atoms with van der Waals surface area (Å²) in [7, 11) is -0.989. The van der Waals surface area contributed by atoms with Gasteiger partial charge in [0, 0.05) is 6.07 Å². The number of nitrogens with zero attached hydrogens (tertiary/aromatic N) is 1. The molecule has 2 atom stereocenters. The van der Waals surface area contributed by atoms with E-state index in [0.717, 1.165) is 0 Å². The second kappa shape index (κ2) is 6.47. The summed E-state index contributed by atoms with van der Waals surface area (Å²) in [5, 5.41) is 21.6. The van der Waals surface area contributed by atoms with E-state index >= 15 is 0 Å². The molecule has 0 aromatic heterocycles. The zero-order valence-corrected chi connectivity index (χ0v) is 13.6. The third kappa shape index (κ3) is 4.40. The van der Waals surface area contributed by atoms with E-state index in [0.29, 0.717) is 5.56 Å². The quantitative estimate of drug-likeness (QED) is 0.515. The van der Waals surface area contributed by atoms with E-state index in [4.69, 9.17) is 4.74 Å². The van der Waals surface area contributed by atoms with E-state index in [-0.39, 0.29) is 5.69 Å². The Hall–Kier alpha value is -1.24. The highest BCUT2D eigenvalue weighted by atomic mass is 28.3. The van der Waals surface area contributed by atoms with Crippen molar-refractivity contribution in [3.63, 3.8) is 0 Å². The van der Waals surface area contributed by atoms with Crippen molar-refractivity contribution in [1.82, 2.24) is 0 Å². The van der Waals surface area contributed by atoms with Crippen LogP contribution in [0.4, 0.5) is 5.69 Å². The number of rotatable bonds is 5. The molecular formula is C14H22NO4Si. The maximum Gasteiger partial charge on any atom is 0.275 e. The zero-order valence-electron chi connectivity index (χ0n) is 12.6. The van der Waals surface area contributed by atoms with Crippen molar-refractivity contribution in [2.75, 3.05) is 0 Å². The van der Waals surface area contributed by atoms with Gasteiger partial charge in [-0.1, -0.05) is 25.2 Å². The molecule has 0 amide bonds. The van der Waals surface area contributed by atoms with Gasteiger partial charge in [-0.05, 0) is 26.8 Å². The third-order valence-electron chi connectivity index (χ3n) is 2.79. The molecule has 2 unspecified atom stereocenters. The SMILES string of the molecule is C[Si](C)C(OC(C)(C)C)C(O)c1ccccc1[N+](=O)[O-]. The Labute approximate surface area is 121 Å². The minimum absolute atomic E-state index is 0.0641. The average Bonchev–Trinajstić information content (AvgIpc) is 2.33. The predicted octanol–water partition coefficient (Wildman–Crippen LogP) is 3.11. The number of aliphatic hydroxyl groups excluding tert-OH is 1. The summed E-state index contributed by atoms with van der Waals surface area (Å²) in [5.74, 6) is 0. The molecule has 6 heteroatoms. The van der Waals surface area contributed by atoms with E-state index in [2.05, 4.69) is 0 Å². The first-order chi connectivity index (χ1) is 9.13. The van der Waals surface area contributed by atoms with Gasteiger partial charge in [0.15, 0.2) is 0 Å². The van der Waals surface area contributed by atoms with Crippen LogP contribution in [0.25, 0.3) is 0 Å². The van der Waals surface area contributed by atoms with Crippen molar-refractivity contribution in [2.24, 2.45) is 0 Å². The largest absolute Gasteiger partial charge is 0.386 e. The molecule has 5 nitrogen and oxygen atoms in total. The normalized spacial score (nSPS) is 15.2. The van der Waals surface area contributed by atoms with Crippen LogP contribution in [0, 0.1) is 10.1 Å². The zero-order chi connectivity index (χ0) is 15.5. The van der Waals surface area contributed by atoms with Gasteiger partial charge in [-0.15, -0.1) is 0 Å². The number of hydrogen-bond donors (Lipinski definition) is 1. The van der Waals surface area contributed by atoms with Crippen LogP contribution >= 0.6 is 0 Å². The molecular weight excluding hydrogens is 274 g/mol. The Morgan fingerprint density at radius 2 is 1.85 bits per heavy atom. The Morgan fingerprint density at radius 1 is 1.30 bits per heavy atom. The molecule has 0 spiro atoms. The molecule has 0 saturated carbocycles. The van der Waals surface area contributed by atoms with E-state index < -0.39 is 31.2 Å². The summed E-state index contributed by atoms with van der Waals surface area (Å²) in [6.45, 7) is 9.79. The smallest absolute Gasteiger partial charge is 0.275 e. The standard InChI is InChI=1S/C14H22NO4Si/c1-14(2,3)19-13(20(4)5)12(16)10-8-6-7-9-11(10)15(17)18/h6-9,12-13,16H,1-5H3. The molecule has 1 N–H and O–H groups in total. The number of hydrogen-bond acceptors (Lipinski definition) is 4. The Balaban J connectivity index is 3.13. The van der Waals surface area contributed by atoms with Crippen LogP contribution in [0.3, 0.4) is 0 Å². The highest BCUT2D eigenvalue weighted by Crippen LogP contribution is 2.31. The molecule has 1 radical (unpaired) electrons. The van der Waals surface area contributed by atoms with Crippen molar-refractivity contribution in [2.45, 2.75) is 51.3 Å². The second-order valence-electron chi connectivity index (χ2n) is 5.99. The fourth-order valence-electron chi connectivity index (χ4n) is 1.95. The van der Waals surface area contributed by atoms with E-state index in [9.17, 15) is 15.2 Å². The number of ether oxygens (including phenoxy) is 1. The van der Waals surface area contributed by atoms with Gasteiger partial charge < -0.3 is 9.84 Å². The van der Waals surface area contributed by atoms with Gasteiger partial charge >= 0.3 is 0 Å². The Bertz CT molecular complexity index is 470. The number of para-hydroxylation sites is 1. The van der Waals surface area contributed by atoms with Gasteiger partial charge in [0.2, 0.25) is 0 Å². The van der Waals surface area contributed by atoms with Crippen molar-refractivity contribution in [1.29, 1.82) is 0 Å². The lowest BCUT2D eigenvalue weighted by Gasteiger charge is -2.32. The topological polar surface area (TPSA) is 72.6 Å². The first-order valence-corrected chi connectivity index (χ1v) is 9.10. The fourth-order valence-corrected chi connectivity index (χ4v) is 3.35. The van der Waals surface area contributed by atoms with Gasteiger partial charge in [-0.25, -0.2) is 0 Å². The molecule has 0 heterocycles. The van der Waals surface area contributed by atoms with Gasteiger partial charge in [0.1, 0.15) is 6.10 Å². The minimum atomic E-state index is -0.989. The van der Waals surface area contributed by atoms with E-state index in [1.807, 2.05) is 33.9 Å². The number of nitro benzene ring substituents is 1. The summed E-state index contributed by atoms with van der Waals surface area (Å²) in [4.78, 5) is 10.6. The fraction of sp³-hybridized carbons (Fsp3) is 0.571. The van der Waals surface area contributed by atoms with Crippen LogP contribution in [0.15, 0.2) is 24.3 Å². The van der Waals surface area contributed by atoms with Gasteiger partial charge in [0.25, 0.3) is 5.69 Å². The summed E-state index contributed by atoms with van der Waals surface area (Å²) >= 11 is 0. The second-order valence-corrected chi connectivity index (χ2v) is 8.71. The first kappa shape index (κ1) is 16.8. The summed E-state index contributed by atoms with van der Waals surface area (Å²) < 4.78 is 5.92. The lowest BCUT2D eigenvalue weighted by atomic mass is 10.1. The van der Waals surface area contributed by atoms with Crippen molar-refractivity contribution >= 4 is 14.5 Å². The van der Waals surface area contributed by atoms with Gasteiger partial charge in [0.05, 0.1) is 30.6 Å². The molecule has 0 fully saturated rings. The molecule has 1 aromatic rings. The molecule has 0 aliphatic carbocycles. The minimum Gasteiger partial charge on any atom is -0.386 e. The van der Waals surface area contributed by atoms with Crippen LogP contribution in [0.5, 0.6) is 0 Å². The average molecular weight is 296 g/mol. The predicted molar refractivity (Wildman–Crippen MR) is 80.2 cm³/mol. The van der Waals surface area contributed by atoms with Crippen LogP contribution in [0.2, 0.25) is 13.1 Å². The number of aliphatic hydroxyl groups is 1. The van der Waals surface area contributed by atoms with Crippen molar-refractivity contribution in [3.05, 3.63) is 39.9 Å². The molecule has 0 aliphatic heterocycles. The maximum absolute atomic E-state index is 11.1.